The van der Waals surface area contributed by atoms with Gasteiger partial charge in [0.1, 0.15) is 6.10 Å². The van der Waals surface area contributed by atoms with Crippen molar-refractivity contribution < 1.29 is 14.4 Å². The number of carbonyl (C=O) groups excluding carboxylic acids is 1. The SMILES string of the molecule is CC(O)C(=O)N1CCN(Cc2noc(C(C)(C)C)n2)CC1. The Morgan fingerprint density at radius 1 is 1.33 bits per heavy atom. The van der Waals surface area contributed by atoms with Crippen molar-refractivity contribution in [1.82, 2.24) is 19.9 Å². The Bertz CT molecular complexity index is 485. The predicted octanol–water partition coefficient (Wildman–Crippen LogP) is 0.392. The van der Waals surface area contributed by atoms with Gasteiger partial charge in [-0.15, -0.1) is 0 Å². The molecule has 1 unspecified atom stereocenters. The number of aliphatic hydroxyl groups is 1. The standard InChI is InChI=1S/C14H24N4O3/c1-10(19)12(20)18-7-5-17(6-8-18)9-11-15-13(21-16-11)14(2,3)4/h10,19H,5-9H2,1-4H3. The molecule has 7 heteroatoms. The van der Waals surface area contributed by atoms with E-state index in [1.54, 1.807) is 4.90 Å². The molecular weight excluding hydrogens is 272 g/mol. The third-order valence-electron chi connectivity index (χ3n) is 3.52. The second-order valence-electron chi connectivity index (χ2n) is 6.54. The highest BCUT2D eigenvalue weighted by Gasteiger charge is 2.26. The molecule has 1 aromatic rings. The van der Waals surface area contributed by atoms with Crippen molar-refractivity contribution >= 4 is 5.91 Å². The van der Waals surface area contributed by atoms with Gasteiger partial charge in [-0.2, -0.15) is 4.98 Å². The lowest BCUT2D eigenvalue weighted by atomic mass is 9.97. The van der Waals surface area contributed by atoms with Crippen molar-refractivity contribution in [2.24, 2.45) is 0 Å². The second-order valence-corrected chi connectivity index (χ2v) is 6.54. The summed E-state index contributed by atoms with van der Waals surface area (Å²) in [4.78, 5) is 20.0. The highest BCUT2D eigenvalue weighted by molar-refractivity contribution is 5.80. The van der Waals surface area contributed by atoms with Gasteiger partial charge in [-0.3, -0.25) is 9.69 Å². The Morgan fingerprint density at radius 2 is 1.95 bits per heavy atom. The Kier molecular flexibility index (Phi) is 4.63. The lowest BCUT2D eigenvalue weighted by Gasteiger charge is -2.34. The molecule has 1 amide bonds. The Hall–Kier alpha value is -1.47. The summed E-state index contributed by atoms with van der Waals surface area (Å²) in [6.07, 6.45) is -0.928. The van der Waals surface area contributed by atoms with Crippen molar-refractivity contribution in [2.75, 3.05) is 26.2 Å². The first-order valence-corrected chi connectivity index (χ1v) is 7.29. The van der Waals surface area contributed by atoms with E-state index in [4.69, 9.17) is 4.52 Å². The zero-order valence-electron chi connectivity index (χ0n) is 13.2. The van der Waals surface area contributed by atoms with Gasteiger partial charge in [0.15, 0.2) is 5.82 Å². The van der Waals surface area contributed by atoms with E-state index in [1.807, 2.05) is 20.8 Å². The minimum Gasteiger partial charge on any atom is -0.384 e. The number of amides is 1. The Balaban J connectivity index is 1.86. The average molecular weight is 296 g/mol. The van der Waals surface area contributed by atoms with E-state index in [1.165, 1.54) is 6.92 Å². The number of rotatable bonds is 3. The van der Waals surface area contributed by atoms with E-state index in [9.17, 15) is 9.90 Å². The van der Waals surface area contributed by atoms with E-state index < -0.39 is 6.10 Å². The third kappa shape index (κ3) is 4.01. The van der Waals surface area contributed by atoms with Gasteiger partial charge in [-0.1, -0.05) is 25.9 Å². The maximum absolute atomic E-state index is 11.7. The molecule has 1 N–H and O–H groups in total. The molecule has 7 nitrogen and oxygen atoms in total. The number of aliphatic hydroxyl groups excluding tert-OH is 1. The van der Waals surface area contributed by atoms with Gasteiger partial charge in [0, 0.05) is 31.6 Å². The van der Waals surface area contributed by atoms with Gasteiger partial charge >= 0.3 is 0 Å². The molecule has 0 saturated carbocycles. The normalized spacial score (nSPS) is 18.8. The van der Waals surface area contributed by atoms with Crippen LogP contribution in [0.3, 0.4) is 0 Å². The van der Waals surface area contributed by atoms with Gasteiger partial charge in [0.25, 0.3) is 5.91 Å². The van der Waals surface area contributed by atoms with E-state index in [2.05, 4.69) is 15.0 Å². The summed E-state index contributed by atoms with van der Waals surface area (Å²) in [6.45, 7) is 11.0. The van der Waals surface area contributed by atoms with Crippen LogP contribution in [-0.4, -0.2) is 63.2 Å². The number of hydrogen-bond donors (Lipinski definition) is 1. The molecule has 1 atom stereocenters. The molecule has 1 saturated heterocycles. The maximum Gasteiger partial charge on any atom is 0.251 e. The monoisotopic (exact) mass is 296 g/mol. The van der Waals surface area contributed by atoms with Crippen LogP contribution in [0.2, 0.25) is 0 Å². The lowest BCUT2D eigenvalue weighted by Crippen LogP contribution is -2.50. The van der Waals surface area contributed by atoms with Crippen LogP contribution in [-0.2, 0) is 16.8 Å². The number of nitrogens with zero attached hydrogens (tertiary/aromatic N) is 4. The summed E-state index contributed by atoms with van der Waals surface area (Å²) in [5.74, 6) is 1.11. The van der Waals surface area contributed by atoms with Gasteiger partial charge in [-0.25, -0.2) is 0 Å². The molecule has 2 heterocycles. The number of hydrogen-bond acceptors (Lipinski definition) is 6. The van der Waals surface area contributed by atoms with E-state index in [0.717, 1.165) is 13.1 Å². The molecule has 0 bridgehead atoms. The van der Waals surface area contributed by atoms with Gasteiger partial charge < -0.3 is 14.5 Å². The summed E-state index contributed by atoms with van der Waals surface area (Å²) < 4.78 is 5.28. The smallest absolute Gasteiger partial charge is 0.251 e. The van der Waals surface area contributed by atoms with Crippen molar-refractivity contribution in [3.8, 4) is 0 Å². The summed E-state index contributed by atoms with van der Waals surface area (Å²) in [6, 6.07) is 0. The number of carbonyl (C=O) groups is 1. The van der Waals surface area contributed by atoms with Crippen LogP contribution in [0, 0.1) is 0 Å². The van der Waals surface area contributed by atoms with E-state index >= 15 is 0 Å². The minimum absolute atomic E-state index is 0.145. The largest absolute Gasteiger partial charge is 0.384 e. The molecular formula is C14H24N4O3. The molecule has 0 spiro atoms. The number of piperazine rings is 1. The first-order chi connectivity index (χ1) is 9.77. The Labute approximate surface area is 124 Å². The lowest BCUT2D eigenvalue weighted by molar-refractivity contribution is -0.141. The highest BCUT2D eigenvalue weighted by Crippen LogP contribution is 2.20. The molecule has 2 rings (SSSR count). The molecule has 118 valence electrons. The number of aromatic nitrogens is 2. The highest BCUT2D eigenvalue weighted by atomic mass is 16.5. The van der Waals surface area contributed by atoms with Crippen LogP contribution in [0.1, 0.15) is 39.4 Å². The summed E-state index contributed by atoms with van der Waals surface area (Å²) >= 11 is 0. The molecule has 1 aliphatic rings. The van der Waals surface area contributed by atoms with Crippen LogP contribution in [0.4, 0.5) is 0 Å². The fourth-order valence-corrected chi connectivity index (χ4v) is 2.21. The summed E-state index contributed by atoms with van der Waals surface area (Å²) in [5, 5.41) is 13.3. The minimum atomic E-state index is -0.928. The van der Waals surface area contributed by atoms with E-state index in [0.29, 0.717) is 31.3 Å². The summed E-state index contributed by atoms with van der Waals surface area (Å²) in [7, 11) is 0. The van der Waals surface area contributed by atoms with Gasteiger partial charge in [-0.05, 0) is 6.92 Å². The molecule has 21 heavy (non-hydrogen) atoms. The summed E-state index contributed by atoms with van der Waals surface area (Å²) in [5.41, 5.74) is -0.145. The first-order valence-electron chi connectivity index (χ1n) is 7.29. The van der Waals surface area contributed by atoms with Crippen LogP contribution >= 0.6 is 0 Å². The zero-order chi connectivity index (χ0) is 15.6. The van der Waals surface area contributed by atoms with Crippen LogP contribution < -0.4 is 0 Å². The topological polar surface area (TPSA) is 82.7 Å². The van der Waals surface area contributed by atoms with Crippen molar-refractivity contribution in [2.45, 2.75) is 45.8 Å². The zero-order valence-corrected chi connectivity index (χ0v) is 13.2. The molecule has 1 aliphatic heterocycles. The fourth-order valence-electron chi connectivity index (χ4n) is 2.21. The van der Waals surface area contributed by atoms with Crippen molar-refractivity contribution in [1.29, 1.82) is 0 Å². The van der Waals surface area contributed by atoms with Crippen molar-refractivity contribution in [3.63, 3.8) is 0 Å². The molecule has 0 radical (unpaired) electrons. The first kappa shape index (κ1) is 15.9. The van der Waals surface area contributed by atoms with Crippen LogP contribution in [0.15, 0.2) is 4.52 Å². The maximum atomic E-state index is 11.7. The molecule has 0 aromatic carbocycles. The van der Waals surface area contributed by atoms with Gasteiger partial charge in [0.05, 0.1) is 6.54 Å². The quantitative estimate of drug-likeness (QED) is 0.869. The van der Waals surface area contributed by atoms with Crippen molar-refractivity contribution in [3.05, 3.63) is 11.7 Å². The second kappa shape index (κ2) is 6.11. The predicted molar refractivity (Wildman–Crippen MR) is 76.5 cm³/mol. The molecule has 1 aromatic heterocycles. The molecule has 0 aliphatic carbocycles. The fraction of sp³-hybridized carbons (Fsp3) is 0.786. The average Bonchev–Trinajstić information content (AvgIpc) is 2.87. The van der Waals surface area contributed by atoms with Crippen LogP contribution in [0.25, 0.3) is 0 Å². The van der Waals surface area contributed by atoms with Crippen LogP contribution in [0.5, 0.6) is 0 Å². The molecule has 1 fully saturated rings. The van der Waals surface area contributed by atoms with Gasteiger partial charge in [0.2, 0.25) is 5.89 Å². The van der Waals surface area contributed by atoms with E-state index in [-0.39, 0.29) is 11.3 Å². The third-order valence-corrected chi connectivity index (χ3v) is 3.52. The Morgan fingerprint density at radius 3 is 2.43 bits per heavy atom.